The first-order chi connectivity index (χ1) is 9.70. The van der Waals surface area contributed by atoms with E-state index in [1.807, 2.05) is 11.3 Å². The zero-order valence-electron chi connectivity index (χ0n) is 12.3. The zero-order valence-corrected chi connectivity index (χ0v) is 14.0. The third-order valence-electron chi connectivity index (χ3n) is 4.18. The first kappa shape index (κ1) is 14.2. The monoisotopic (exact) mass is 303 g/mol. The van der Waals surface area contributed by atoms with Crippen LogP contribution in [0.3, 0.4) is 0 Å². The van der Waals surface area contributed by atoms with Gasteiger partial charge in [-0.25, -0.2) is 0 Å². The summed E-state index contributed by atoms with van der Waals surface area (Å²) in [5, 5.41) is 3.52. The van der Waals surface area contributed by atoms with Gasteiger partial charge in [-0.2, -0.15) is 11.8 Å². The topological polar surface area (TPSA) is 12.0 Å². The van der Waals surface area contributed by atoms with Gasteiger partial charge in [-0.15, -0.1) is 11.3 Å². The number of hydrogen-bond donors (Lipinski definition) is 1. The summed E-state index contributed by atoms with van der Waals surface area (Å²) in [6, 6.07) is 9.38. The van der Waals surface area contributed by atoms with Crippen molar-refractivity contribution < 1.29 is 0 Å². The Morgan fingerprint density at radius 1 is 1.25 bits per heavy atom. The quantitative estimate of drug-likeness (QED) is 0.898. The molecule has 1 aromatic carbocycles. The molecule has 0 fully saturated rings. The zero-order chi connectivity index (χ0) is 14.1. The van der Waals surface area contributed by atoms with E-state index in [1.54, 1.807) is 10.4 Å². The fourth-order valence-electron chi connectivity index (χ4n) is 2.85. The Hall–Kier alpha value is -0.770. The van der Waals surface area contributed by atoms with Crippen molar-refractivity contribution in [3.63, 3.8) is 0 Å². The van der Waals surface area contributed by atoms with Gasteiger partial charge in [0.25, 0.3) is 0 Å². The molecular formula is C17H21NS2. The van der Waals surface area contributed by atoms with Crippen LogP contribution in [-0.4, -0.2) is 12.8 Å². The van der Waals surface area contributed by atoms with Crippen LogP contribution in [-0.2, 0) is 12.2 Å². The maximum absolute atomic E-state index is 3.52. The summed E-state index contributed by atoms with van der Waals surface area (Å²) < 4.78 is 0. The van der Waals surface area contributed by atoms with Gasteiger partial charge in [0.15, 0.2) is 0 Å². The second-order valence-electron chi connectivity index (χ2n) is 5.41. The molecule has 1 aliphatic rings. The van der Waals surface area contributed by atoms with Crippen molar-refractivity contribution in [1.29, 1.82) is 0 Å². The van der Waals surface area contributed by atoms with E-state index in [9.17, 15) is 0 Å². The molecule has 1 aromatic heterocycles. The highest BCUT2D eigenvalue weighted by Crippen LogP contribution is 2.37. The third-order valence-corrected chi connectivity index (χ3v) is 6.49. The fraction of sp³-hybridized carbons (Fsp3) is 0.412. The van der Waals surface area contributed by atoms with Gasteiger partial charge in [-0.05, 0) is 61.4 Å². The maximum Gasteiger partial charge on any atom is 0.0671 e. The van der Waals surface area contributed by atoms with E-state index in [1.165, 1.54) is 39.5 Å². The summed E-state index contributed by atoms with van der Waals surface area (Å²) in [5.74, 6) is 2.47. The lowest BCUT2D eigenvalue weighted by molar-refractivity contribution is 0.698. The Morgan fingerprint density at radius 3 is 2.85 bits per heavy atom. The van der Waals surface area contributed by atoms with Gasteiger partial charge in [0.05, 0.1) is 6.04 Å². The Kier molecular flexibility index (Phi) is 4.20. The second-order valence-corrected chi connectivity index (χ2v) is 7.68. The first-order valence-corrected chi connectivity index (χ1v) is 9.10. The molecule has 1 aliphatic heterocycles. The van der Waals surface area contributed by atoms with Crippen molar-refractivity contribution in [3.8, 4) is 0 Å². The normalized spacial score (nSPS) is 15.9. The molecule has 0 saturated heterocycles. The lowest BCUT2D eigenvalue weighted by atomic mass is 9.96. The van der Waals surface area contributed by atoms with Crippen molar-refractivity contribution in [2.75, 3.05) is 12.8 Å². The number of aryl methyl sites for hydroxylation is 2. The van der Waals surface area contributed by atoms with Gasteiger partial charge in [0.1, 0.15) is 0 Å². The van der Waals surface area contributed by atoms with Crippen LogP contribution < -0.4 is 5.32 Å². The smallest absolute Gasteiger partial charge is 0.0671 e. The molecule has 3 rings (SSSR count). The summed E-state index contributed by atoms with van der Waals surface area (Å²) in [6.45, 7) is 4.43. The van der Waals surface area contributed by atoms with Crippen molar-refractivity contribution >= 4 is 23.1 Å². The average Bonchev–Trinajstić information content (AvgIpc) is 2.87. The van der Waals surface area contributed by atoms with Gasteiger partial charge < -0.3 is 5.32 Å². The van der Waals surface area contributed by atoms with Crippen LogP contribution in [0, 0.1) is 13.8 Å². The van der Waals surface area contributed by atoms with E-state index in [4.69, 9.17) is 0 Å². The molecular weight excluding hydrogens is 282 g/mol. The Balaban J connectivity index is 2.01. The molecule has 1 nitrogen and oxygen atoms in total. The number of fused-ring (bicyclic) bond motifs is 1. The summed E-state index contributed by atoms with van der Waals surface area (Å²) in [4.78, 5) is 3.07. The van der Waals surface area contributed by atoms with Crippen LogP contribution >= 0.6 is 23.1 Å². The molecule has 1 N–H and O–H groups in total. The average molecular weight is 303 g/mol. The Labute approximate surface area is 129 Å². The molecule has 1 unspecified atom stereocenters. The highest BCUT2D eigenvalue weighted by Gasteiger charge is 2.21. The lowest BCUT2D eigenvalue weighted by Gasteiger charge is -2.18. The summed E-state index contributed by atoms with van der Waals surface area (Å²) in [5.41, 5.74) is 5.76. The molecule has 2 heterocycles. The minimum Gasteiger partial charge on any atom is -0.309 e. The predicted octanol–water partition coefficient (Wildman–Crippen LogP) is 4.46. The number of benzene rings is 1. The van der Waals surface area contributed by atoms with E-state index in [0.717, 1.165) is 0 Å². The Morgan fingerprint density at radius 2 is 2.10 bits per heavy atom. The number of thioether (sulfide) groups is 1. The van der Waals surface area contributed by atoms with E-state index in [-0.39, 0.29) is 0 Å². The summed E-state index contributed by atoms with van der Waals surface area (Å²) in [7, 11) is 2.07. The third kappa shape index (κ3) is 2.54. The minimum atomic E-state index is 0.329. The lowest BCUT2D eigenvalue weighted by Crippen LogP contribution is -2.17. The van der Waals surface area contributed by atoms with Crippen LogP contribution in [0.25, 0.3) is 0 Å². The Bertz CT molecular complexity index is 592. The number of thiophene rings is 1. The number of rotatable bonds is 3. The number of nitrogens with one attached hydrogen (secondary N) is 1. The second kappa shape index (κ2) is 5.92. The predicted molar refractivity (Wildman–Crippen MR) is 91.0 cm³/mol. The van der Waals surface area contributed by atoms with Crippen LogP contribution in [0.15, 0.2) is 24.3 Å². The van der Waals surface area contributed by atoms with E-state index in [2.05, 4.69) is 62.2 Å². The van der Waals surface area contributed by atoms with Gasteiger partial charge >= 0.3 is 0 Å². The SMILES string of the molecule is CNC(c1cc2c(s1)CCSC2)c1cccc(C)c1C. The van der Waals surface area contributed by atoms with Crippen molar-refractivity contribution in [3.05, 3.63) is 56.3 Å². The molecule has 106 valence electrons. The highest BCUT2D eigenvalue weighted by atomic mass is 32.2. The minimum absolute atomic E-state index is 0.329. The van der Waals surface area contributed by atoms with E-state index < -0.39 is 0 Å². The van der Waals surface area contributed by atoms with Gasteiger partial charge in [0, 0.05) is 15.5 Å². The van der Waals surface area contributed by atoms with Gasteiger partial charge in [-0.3, -0.25) is 0 Å². The molecule has 0 saturated carbocycles. The molecule has 0 radical (unpaired) electrons. The summed E-state index contributed by atoms with van der Waals surface area (Å²) >= 11 is 4.06. The number of hydrogen-bond acceptors (Lipinski definition) is 3. The molecule has 0 amide bonds. The van der Waals surface area contributed by atoms with Crippen molar-refractivity contribution in [2.45, 2.75) is 32.1 Å². The van der Waals surface area contributed by atoms with Gasteiger partial charge in [0.2, 0.25) is 0 Å². The van der Waals surface area contributed by atoms with E-state index in [0.29, 0.717) is 6.04 Å². The molecule has 0 spiro atoms. The highest BCUT2D eigenvalue weighted by molar-refractivity contribution is 7.98. The largest absolute Gasteiger partial charge is 0.309 e. The molecule has 20 heavy (non-hydrogen) atoms. The van der Waals surface area contributed by atoms with Crippen LogP contribution in [0.1, 0.15) is 38.0 Å². The van der Waals surface area contributed by atoms with Crippen LogP contribution in [0.5, 0.6) is 0 Å². The standard InChI is InChI=1S/C17H21NS2/c1-11-5-4-6-14(12(11)2)17(18-3)16-9-13-10-19-8-7-15(13)20-16/h4-6,9,17-18H,7-8,10H2,1-3H3. The van der Waals surface area contributed by atoms with Crippen LogP contribution in [0.2, 0.25) is 0 Å². The van der Waals surface area contributed by atoms with Crippen molar-refractivity contribution in [1.82, 2.24) is 5.32 Å². The van der Waals surface area contributed by atoms with E-state index >= 15 is 0 Å². The maximum atomic E-state index is 3.52. The first-order valence-electron chi connectivity index (χ1n) is 7.13. The summed E-state index contributed by atoms with van der Waals surface area (Å²) in [6.07, 6.45) is 1.24. The fourth-order valence-corrected chi connectivity index (χ4v) is 5.36. The molecule has 3 heteroatoms. The van der Waals surface area contributed by atoms with Crippen LogP contribution in [0.4, 0.5) is 0 Å². The molecule has 0 aliphatic carbocycles. The van der Waals surface area contributed by atoms with Crippen molar-refractivity contribution in [2.24, 2.45) is 0 Å². The van der Waals surface area contributed by atoms with Gasteiger partial charge in [-0.1, -0.05) is 18.2 Å². The molecule has 2 aromatic rings. The molecule has 0 bridgehead atoms. The molecule has 1 atom stereocenters.